The quantitative estimate of drug-likeness (QED) is 0.598. The Morgan fingerprint density at radius 2 is 1.81 bits per heavy atom. The van der Waals surface area contributed by atoms with Gasteiger partial charge in [0.05, 0.1) is 5.69 Å². The second kappa shape index (κ2) is 6.93. The minimum Gasteiger partial charge on any atom is -0.307 e. The predicted octanol–water partition coefficient (Wildman–Crippen LogP) is 5.56. The maximum Gasteiger partial charge on any atom is 0.276 e. The third kappa shape index (κ3) is 2.99. The van der Waals surface area contributed by atoms with Gasteiger partial charge in [0.25, 0.3) is 5.91 Å². The molecule has 1 aliphatic heterocycles. The number of hydrogen-bond acceptors (Lipinski definition) is 2. The molecule has 2 aromatic carbocycles. The van der Waals surface area contributed by atoms with Crippen molar-refractivity contribution in [3.05, 3.63) is 83.0 Å². The molecule has 0 spiro atoms. The highest BCUT2D eigenvalue weighted by Crippen LogP contribution is 2.35. The molecule has 1 amide bonds. The molecule has 3 nitrogen and oxygen atoms in total. The number of carbonyl (C=O) groups is 1. The Labute approximate surface area is 158 Å². The van der Waals surface area contributed by atoms with Crippen molar-refractivity contribution in [2.75, 3.05) is 11.4 Å². The molecule has 0 bridgehead atoms. The van der Waals surface area contributed by atoms with Crippen LogP contribution in [0.15, 0.2) is 66.7 Å². The van der Waals surface area contributed by atoms with Gasteiger partial charge in [0.15, 0.2) is 0 Å². The summed E-state index contributed by atoms with van der Waals surface area (Å²) in [5, 5.41) is 0.627. The molecule has 1 atom stereocenters. The third-order valence-electron chi connectivity index (χ3n) is 4.91. The van der Waals surface area contributed by atoms with Crippen LogP contribution in [0.1, 0.15) is 35.3 Å². The van der Waals surface area contributed by atoms with Crippen molar-refractivity contribution < 1.29 is 4.79 Å². The molecule has 26 heavy (non-hydrogen) atoms. The van der Waals surface area contributed by atoms with E-state index in [0.717, 1.165) is 17.7 Å². The van der Waals surface area contributed by atoms with E-state index in [1.807, 2.05) is 59.5 Å². The zero-order valence-corrected chi connectivity index (χ0v) is 15.3. The normalized spacial score (nSPS) is 16.2. The lowest BCUT2D eigenvalue weighted by molar-refractivity contribution is 0.0979. The summed E-state index contributed by atoms with van der Waals surface area (Å²) >= 11 is 6.29. The minimum absolute atomic E-state index is 0.0711. The zero-order chi connectivity index (χ0) is 18.1. The topological polar surface area (TPSA) is 33.2 Å². The van der Waals surface area contributed by atoms with Crippen molar-refractivity contribution in [2.45, 2.75) is 19.3 Å². The van der Waals surface area contributed by atoms with Gasteiger partial charge in [-0.25, -0.2) is 4.98 Å². The Balaban J connectivity index is 1.71. The number of pyridine rings is 1. The van der Waals surface area contributed by atoms with E-state index in [0.29, 0.717) is 28.9 Å². The van der Waals surface area contributed by atoms with Crippen molar-refractivity contribution in [3.63, 3.8) is 0 Å². The number of anilines is 1. The lowest BCUT2D eigenvalue weighted by atomic mass is 9.91. The number of carbonyl (C=O) groups excluding carboxylic acids is 1. The van der Waals surface area contributed by atoms with Crippen molar-refractivity contribution in [2.24, 2.45) is 0 Å². The fourth-order valence-electron chi connectivity index (χ4n) is 3.47. The molecule has 4 rings (SSSR count). The average molecular weight is 363 g/mol. The Kier molecular flexibility index (Phi) is 4.48. The number of para-hydroxylation sites is 1. The summed E-state index contributed by atoms with van der Waals surface area (Å²) in [4.78, 5) is 19.6. The van der Waals surface area contributed by atoms with Crippen LogP contribution in [0.2, 0.25) is 5.02 Å². The number of halogens is 1. The summed E-state index contributed by atoms with van der Waals surface area (Å²) in [5.74, 6) is 0.385. The summed E-state index contributed by atoms with van der Waals surface area (Å²) in [6.07, 6.45) is 0.951. The highest BCUT2D eigenvalue weighted by atomic mass is 35.5. The second-order valence-electron chi connectivity index (χ2n) is 6.59. The van der Waals surface area contributed by atoms with Gasteiger partial charge in [-0.2, -0.15) is 0 Å². The van der Waals surface area contributed by atoms with Gasteiger partial charge in [-0.05, 0) is 42.2 Å². The van der Waals surface area contributed by atoms with E-state index in [-0.39, 0.29) is 5.91 Å². The van der Waals surface area contributed by atoms with E-state index in [4.69, 9.17) is 11.6 Å². The SMILES string of the molecule is CC1CCN(C(=O)c2cccc(-c3ccccc3Cl)n2)c2ccccc21. The van der Waals surface area contributed by atoms with Crippen LogP contribution in [-0.4, -0.2) is 17.4 Å². The largest absolute Gasteiger partial charge is 0.307 e. The molecule has 0 saturated carbocycles. The zero-order valence-electron chi connectivity index (χ0n) is 14.5. The standard InChI is InChI=1S/C22H19ClN2O/c1-15-13-14-25(21-12-5-3-7-16(15)21)22(26)20-11-6-10-19(24-20)17-8-2-4-9-18(17)23/h2-12,15H,13-14H2,1H3. The summed E-state index contributed by atoms with van der Waals surface area (Å²) in [5.41, 5.74) is 4.18. The summed E-state index contributed by atoms with van der Waals surface area (Å²) in [7, 11) is 0. The molecule has 3 aromatic rings. The molecule has 2 heterocycles. The van der Waals surface area contributed by atoms with E-state index in [1.54, 1.807) is 6.07 Å². The van der Waals surface area contributed by atoms with E-state index in [9.17, 15) is 4.79 Å². The second-order valence-corrected chi connectivity index (χ2v) is 7.00. The Bertz CT molecular complexity index is 970. The maximum absolute atomic E-state index is 13.2. The molecule has 0 radical (unpaired) electrons. The number of hydrogen-bond donors (Lipinski definition) is 0. The summed E-state index contributed by atoms with van der Waals surface area (Å²) in [6.45, 7) is 2.91. The van der Waals surface area contributed by atoms with E-state index < -0.39 is 0 Å². The maximum atomic E-state index is 13.2. The fraction of sp³-hybridized carbons (Fsp3) is 0.182. The Hall–Kier alpha value is -2.65. The van der Waals surface area contributed by atoms with Gasteiger partial charge < -0.3 is 4.90 Å². The molecule has 1 unspecified atom stereocenters. The van der Waals surface area contributed by atoms with E-state index >= 15 is 0 Å². The molecule has 4 heteroatoms. The van der Waals surface area contributed by atoms with Crippen LogP contribution in [0.5, 0.6) is 0 Å². The molecule has 1 aliphatic rings. The number of fused-ring (bicyclic) bond motifs is 1. The number of benzene rings is 2. The van der Waals surface area contributed by atoms with E-state index in [1.165, 1.54) is 5.56 Å². The molecular formula is C22H19ClN2O. The minimum atomic E-state index is -0.0711. The third-order valence-corrected chi connectivity index (χ3v) is 5.24. The van der Waals surface area contributed by atoms with Crippen LogP contribution in [0.4, 0.5) is 5.69 Å². The highest BCUT2D eigenvalue weighted by Gasteiger charge is 2.27. The highest BCUT2D eigenvalue weighted by molar-refractivity contribution is 6.33. The Morgan fingerprint density at radius 3 is 2.65 bits per heavy atom. The van der Waals surface area contributed by atoms with E-state index in [2.05, 4.69) is 18.0 Å². The molecule has 0 fully saturated rings. The van der Waals surface area contributed by atoms with Crippen molar-refractivity contribution >= 4 is 23.2 Å². The monoisotopic (exact) mass is 362 g/mol. The van der Waals surface area contributed by atoms with Gasteiger partial charge >= 0.3 is 0 Å². The smallest absolute Gasteiger partial charge is 0.276 e. The summed E-state index contributed by atoms with van der Waals surface area (Å²) in [6, 6.07) is 21.2. The molecular weight excluding hydrogens is 344 g/mol. The molecule has 0 saturated heterocycles. The predicted molar refractivity (Wildman–Crippen MR) is 106 cm³/mol. The first kappa shape index (κ1) is 16.8. The molecule has 0 aliphatic carbocycles. The number of nitrogens with zero attached hydrogens (tertiary/aromatic N) is 2. The number of rotatable bonds is 2. The van der Waals surface area contributed by atoms with Crippen LogP contribution in [0.3, 0.4) is 0 Å². The van der Waals surface area contributed by atoms with Crippen molar-refractivity contribution in [1.82, 2.24) is 4.98 Å². The lowest BCUT2D eigenvalue weighted by Gasteiger charge is -2.32. The van der Waals surface area contributed by atoms with Crippen molar-refractivity contribution in [3.8, 4) is 11.3 Å². The van der Waals surface area contributed by atoms with Gasteiger partial charge in [0, 0.05) is 22.8 Å². The lowest BCUT2D eigenvalue weighted by Crippen LogP contribution is -2.36. The van der Waals surface area contributed by atoms with Crippen LogP contribution in [0.25, 0.3) is 11.3 Å². The van der Waals surface area contributed by atoms with Gasteiger partial charge in [0.2, 0.25) is 0 Å². The van der Waals surface area contributed by atoms with Crippen LogP contribution in [0, 0.1) is 0 Å². The molecule has 0 N–H and O–H groups in total. The van der Waals surface area contributed by atoms with Crippen LogP contribution >= 0.6 is 11.6 Å². The van der Waals surface area contributed by atoms with Gasteiger partial charge in [-0.15, -0.1) is 0 Å². The number of amides is 1. The molecule has 1 aromatic heterocycles. The first-order valence-electron chi connectivity index (χ1n) is 8.78. The first-order valence-corrected chi connectivity index (χ1v) is 9.15. The van der Waals surface area contributed by atoms with Gasteiger partial charge in [-0.3, -0.25) is 4.79 Å². The Morgan fingerprint density at radius 1 is 1.04 bits per heavy atom. The van der Waals surface area contributed by atoms with Crippen molar-refractivity contribution in [1.29, 1.82) is 0 Å². The molecule has 130 valence electrons. The van der Waals surface area contributed by atoms with Crippen LogP contribution < -0.4 is 4.90 Å². The van der Waals surface area contributed by atoms with Gasteiger partial charge in [0.1, 0.15) is 5.69 Å². The number of aromatic nitrogens is 1. The average Bonchev–Trinajstić information content (AvgIpc) is 2.68. The van der Waals surface area contributed by atoms with Crippen LogP contribution in [-0.2, 0) is 0 Å². The fourth-order valence-corrected chi connectivity index (χ4v) is 3.70. The van der Waals surface area contributed by atoms with Gasteiger partial charge in [-0.1, -0.05) is 61.0 Å². The first-order chi connectivity index (χ1) is 12.6. The summed E-state index contributed by atoms with van der Waals surface area (Å²) < 4.78 is 0.